The number of hydrogen-bond acceptors (Lipinski definition) is 5. The van der Waals surface area contributed by atoms with Gasteiger partial charge in [-0.2, -0.15) is 8.75 Å². The van der Waals surface area contributed by atoms with Crippen molar-refractivity contribution in [3.8, 4) is 0 Å². The van der Waals surface area contributed by atoms with Gasteiger partial charge in [-0.3, -0.25) is 0 Å². The Morgan fingerprint density at radius 1 is 0.909 bits per heavy atom. The Morgan fingerprint density at radius 3 is 1.55 bits per heavy atom. The average molecular weight is 172 g/mol. The molecule has 1 aromatic heterocycles. The summed E-state index contributed by atoms with van der Waals surface area (Å²) in [5, 5.41) is 0. The van der Waals surface area contributed by atoms with Crippen molar-refractivity contribution in [3.05, 3.63) is 0 Å². The first-order valence-electron chi connectivity index (χ1n) is 3.30. The number of anilines is 2. The van der Waals surface area contributed by atoms with Gasteiger partial charge in [0.15, 0.2) is 11.6 Å². The highest BCUT2D eigenvalue weighted by Crippen LogP contribution is 2.22. The lowest BCUT2D eigenvalue weighted by Gasteiger charge is -2.14. The van der Waals surface area contributed by atoms with E-state index in [9.17, 15) is 0 Å². The molecule has 0 unspecified atom stereocenters. The van der Waals surface area contributed by atoms with Gasteiger partial charge in [-0.25, -0.2) is 0 Å². The number of nitrogens with zero attached hydrogens (tertiary/aromatic N) is 4. The molecule has 0 aliphatic rings. The molecule has 11 heavy (non-hydrogen) atoms. The van der Waals surface area contributed by atoms with E-state index >= 15 is 0 Å². The largest absolute Gasteiger partial charge is 0.359 e. The van der Waals surface area contributed by atoms with Crippen LogP contribution in [0.15, 0.2) is 0 Å². The van der Waals surface area contributed by atoms with E-state index in [1.54, 1.807) is 0 Å². The number of aromatic nitrogens is 2. The van der Waals surface area contributed by atoms with E-state index in [1.165, 1.54) is 11.7 Å². The van der Waals surface area contributed by atoms with Gasteiger partial charge in [0.05, 0.1) is 11.7 Å². The summed E-state index contributed by atoms with van der Waals surface area (Å²) in [4.78, 5) is 3.91. The molecule has 0 aromatic carbocycles. The second-order valence-electron chi connectivity index (χ2n) is 2.70. The summed E-state index contributed by atoms with van der Waals surface area (Å²) in [6.07, 6.45) is 0. The fourth-order valence-corrected chi connectivity index (χ4v) is 1.43. The van der Waals surface area contributed by atoms with Crippen LogP contribution in [-0.2, 0) is 0 Å². The first kappa shape index (κ1) is 8.26. The van der Waals surface area contributed by atoms with Crippen LogP contribution in [0.5, 0.6) is 0 Å². The Kier molecular flexibility index (Phi) is 2.28. The molecule has 0 aliphatic carbocycles. The summed E-state index contributed by atoms with van der Waals surface area (Å²) in [6, 6.07) is 0. The van der Waals surface area contributed by atoms with Gasteiger partial charge in [-0.1, -0.05) is 0 Å². The predicted molar refractivity (Wildman–Crippen MR) is 48.6 cm³/mol. The molecule has 0 radical (unpaired) electrons. The van der Waals surface area contributed by atoms with Crippen molar-refractivity contribution >= 4 is 23.4 Å². The fraction of sp³-hybridized carbons (Fsp3) is 0.667. The summed E-state index contributed by atoms with van der Waals surface area (Å²) in [5.74, 6) is 1.86. The molecule has 4 nitrogen and oxygen atoms in total. The molecule has 1 rings (SSSR count). The van der Waals surface area contributed by atoms with Crippen LogP contribution in [0.4, 0.5) is 11.6 Å². The first-order chi connectivity index (χ1) is 5.13. The molecule has 0 atom stereocenters. The zero-order chi connectivity index (χ0) is 8.43. The van der Waals surface area contributed by atoms with E-state index in [2.05, 4.69) is 8.75 Å². The zero-order valence-electron chi connectivity index (χ0n) is 7.20. The lowest BCUT2D eigenvalue weighted by Crippen LogP contribution is -2.16. The molecule has 5 heteroatoms. The van der Waals surface area contributed by atoms with Crippen molar-refractivity contribution in [3.63, 3.8) is 0 Å². The van der Waals surface area contributed by atoms with E-state index in [0.29, 0.717) is 0 Å². The Morgan fingerprint density at radius 2 is 1.27 bits per heavy atom. The van der Waals surface area contributed by atoms with E-state index in [1.807, 2.05) is 38.0 Å². The zero-order valence-corrected chi connectivity index (χ0v) is 8.01. The van der Waals surface area contributed by atoms with Crippen molar-refractivity contribution in [2.45, 2.75) is 0 Å². The molecule has 62 valence electrons. The molecule has 1 heterocycles. The Balaban J connectivity index is 2.96. The van der Waals surface area contributed by atoms with Crippen LogP contribution in [0.25, 0.3) is 0 Å². The summed E-state index contributed by atoms with van der Waals surface area (Å²) in [6.45, 7) is 0. The summed E-state index contributed by atoms with van der Waals surface area (Å²) in [5.41, 5.74) is 0. The minimum atomic E-state index is 0.931. The van der Waals surface area contributed by atoms with Crippen LogP contribution in [0.3, 0.4) is 0 Å². The summed E-state index contributed by atoms with van der Waals surface area (Å²) < 4.78 is 8.30. The molecule has 0 saturated carbocycles. The maximum Gasteiger partial charge on any atom is 0.186 e. The number of hydrogen-bond donors (Lipinski definition) is 0. The number of rotatable bonds is 2. The third-order valence-electron chi connectivity index (χ3n) is 1.30. The van der Waals surface area contributed by atoms with Gasteiger partial charge in [-0.05, 0) is 0 Å². The van der Waals surface area contributed by atoms with E-state index < -0.39 is 0 Å². The Labute approximate surface area is 70.8 Å². The Bertz CT molecular complexity index is 208. The normalized spacial score (nSPS) is 9.82. The molecule has 1 aromatic rings. The summed E-state index contributed by atoms with van der Waals surface area (Å²) in [7, 11) is 7.85. The van der Waals surface area contributed by atoms with Crippen LogP contribution in [0, 0.1) is 0 Å². The van der Waals surface area contributed by atoms with Gasteiger partial charge in [0.25, 0.3) is 0 Å². The fourth-order valence-electron chi connectivity index (χ4n) is 0.743. The lowest BCUT2D eigenvalue weighted by molar-refractivity contribution is 1.04. The molecule has 0 N–H and O–H groups in total. The van der Waals surface area contributed by atoms with Crippen LogP contribution < -0.4 is 9.80 Å². The third-order valence-corrected chi connectivity index (χ3v) is 1.81. The van der Waals surface area contributed by atoms with Gasteiger partial charge in [0, 0.05) is 28.2 Å². The van der Waals surface area contributed by atoms with E-state index in [0.717, 1.165) is 11.6 Å². The topological polar surface area (TPSA) is 32.3 Å². The average Bonchev–Trinajstić information content (AvgIpc) is 2.32. The molecular weight excluding hydrogens is 160 g/mol. The predicted octanol–water partition coefficient (Wildman–Crippen LogP) is 0.670. The smallest absolute Gasteiger partial charge is 0.186 e. The second kappa shape index (κ2) is 3.04. The SMILES string of the molecule is CN(C)c1nsnc1N(C)C. The van der Waals surface area contributed by atoms with Gasteiger partial charge >= 0.3 is 0 Å². The monoisotopic (exact) mass is 172 g/mol. The second-order valence-corrected chi connectivity index (χ2v) is 3.23. The van der Waals surface area contributed by atoms with Gasteiger partial charge < -0.3 is 9.80 Å². The molecule has 0 bridgehead atoms. The molecule has 0 fully saturated rings. The standard InChI is InChI=1S/C6H12N4S/c1-9(2)5-6(10(3)4)8-11-7-5/h1-4H3. The molecule has 0 spiro atoms. The molecule has 0 saturated heterocycles. The van der Waals surface area contributed by atoms with Crippen LogP contribution >= 0.6 is 11.7 Å². The van der Waals surface area contributed by atoms with Crippen LogP contribution in [0.2, 0.25) is 0 Å². The maximum absolute atomic E-state index is 4.15. The van der Waals surface area contributed by atoms with Crippen molar-refractivity contribution < 1.29 is 0 Å². The summed E-state index contributed by atoms with van der Waals surface area (Å²) >= 11 is 1.24. The van der Waals surface area contributed by atoms with Crippen molar-refractivity contribution in [2.24, 2.45) is 0 Å². The molecule has 0 aliphatic heterocycles. The van der Waals surface area contributed by atoms with E-state index in [-0.39, 0.29) is 0 Å². The van der Waals surface area contributed by atoms with E-state index in [4.69, 9.17) is 0 Å². The van der Waals surface area contributed by atoms with Crippen molar-refractivity contribution in [1.29, 1.82) is 0 Å². The highest BCUT2D eigenvalue weighted by atomic mass is 32.1. The Hall–Kier alpha value is -0.840. The maximum atomic E-state index is 4.15. The van der Waals surface area contributed by atoms with Crippen LogP contribution in [-0.4, -0.2) is 36.9 Å². The minimum Gasteiger partial charge on any atom is -0.359 e. The van der Waals surface area contributed by atoms with Crippen molar-refractivity contribution in [2.75, 3.05) is 38.0 Å². The lowest BCUT2D eigenvalue weighted by atomic mass is 10.5. The first-order valence-corrected chi connectivity index (χ1v) is 4.03. The highest BCUT2D eigenvalue weighted by Gasteiger charge is 2.10. The molecular formula is C6H12N4S. The van der Waals surface area contributed by atoms with Gasteiger partial charge in [0.2, 0.25) is 0 Å². The third kappa shape index (κ3) is 1.59. The van der Waals surface area contributed by atoms with Crippen molar-refractivity contribution in [1.82, 2.24) is 8.75 Å². The molecule has 0 amide bonds. The van der Waals surface area contributed by atoms with Gasteiger partial charge in [0.1, 0.15) is 0 Å². The minimum absolute atomic E-state index is 0.931. The van der Waals surface area contributed by atoms with Gasteiger partial charge in [-0.15, -0.1) is 0 Å². The van der Waals surface area contributed by atoms with Crippen LogP contribution in [0.1, 0.15) is 0 Å². The highest BCUT2D eigenvalue weighted by molar-refractivity contribution is 6.99. The quantitative estimate of drug-likeness (QED) is 0.656.